The van der Waals surface area contributed by atoms with Crippen LogP contribution in [0.2, 0.25) is 5.02 Å². The van der Waals surface area contributed by atoms with Gasteiger partial charge in [0.15, 0.2) is 0 Å². The van der Waals surface area contributed by atoms with Crippen molar-refractivity contribution in [1.82, 2.24) is 0 Å². The van der Waals surface area contributed by atoms with Gasteiger partial charge in [0.05, 0.1) is 22.8 Å². The van der Waals surface area contributed by atoms with Gasteiger partial charge in [0.2, 0.25) is 0 Å². The van der Waals surface area contributed by atoms with Crippen molar-refractivity contribution in [3.63, 3.8) is 0 Å². The second kappa shape index (κ2) is 5.40. The fraction of sp³-hybridized carbons (Fsp3) is 0.364. The summed E-state index contributed by atoms with van der Waals surface area (Å²) in [6.45, 7) is 1.96. The number of alkyl halides is 3. The lowest BCUT2D eigenvalue weighted by atomic mass is 10.1. The average Bonchev–Trinajstić information content (AvgIpc) is 2.25. The summed E-state index contributed by atoms with van der Waals surface area (Å²) in [4.78, 5) is 11.4. The Morgan fingerprint density at radius 3 is 2.59 bits per heavy atom. The Morgan fingerprint density at radius 1 is 1.41 bits per heavy atom. The Kier molecular flexibility index (Phi) is 4.40. The molecule has 6 heteroatoms. The van der Waals surface area contributed by atoms with E-state index in [1.54, 1.807) is 6.92 Å². The average molecular weight is 267 g/mol. The standard InChI is InChI=1S/C11H10ClF3O2/c1-2-5-17-10(16)7-3-4-9(12)8(6-7)11(13,14)15/h3-4,6H,2,5H2,1H3. The van der Waals surface area contributed by atoms with Crippen LogP contribution in [-0.4, -0.2) is 12.6 Å². The summed E-state index contributed by atoms with van der Waals surface area (Å²) in [5.74, 6) is -0.783. The van der Waals surface area contributed by atoms with Gasteiger partial charge in [-0.15, -0.1) is 0 Å². The van der Waals surface area contributed by atoms with Crippen LogP contribution in [0.3, 0.4) is 0 Å². The van der Waals surface area contributed by atoms with Crippen LogP contribution in [0.25, 0.3) is 0 Å². The first kappa shape index (κ1) is 13.8. The quantitative estimate of drug-likeness (QED) is 0.775. The van der Waals surface area contributed by atoms with E-state index in [1.165, 1.54) is 6.07 Å². The predicted molar refractivity (Wildman–Crippen MR) is 57.0 cm³/mol. The number of rotatable bonds is 3. The molecule has 1 rings (SSSR count). The molecule has 0 saturated heterocycles. The molecule has 94 valence electrons. The topological polar surface area (TPSA) is 26.3 Å². The fourth-order valence-corrected chi connectivity index (χ4v) is 1.37. The van der Waals surface area contributed by atoms with Crippen molar-refractivity contribution >= 4 is 17.6 Å². The van der Waals surface area contributed by atoms with Gasteiger partial charge in [-0.25, -0.2) is 4.79 Å². The maximum absolute atomic E-state index is 12.5. The van der Waals surface area contributed by atoms with E-state index in [2.05, 4.69) is 0 Å². The lowest BCUT2D eigenvalue weighted by Crippen LogP contribution is -2.10. The summed E-state index contributed by atoms with van der Waals surface area (Å²) in [5, 5.41) is -0.440. The van der Waals surface area contributed by atoms with Gasteiger partial charge in [-0.1, -0.05) is 18.5 Å². The Hall–Kier alpha value is -1.23. The van der Waals surface area contributed by atoms with Crippen LogP contribution in [0.5, 0.6) is 0 Å². The highest BCUT2D eigenvalue weighted by atomic mass is 35.5. The number of benzene rings is 1. The molecule has 0 aliphatic heterocycles. The molecule has 0 spiro atoms. The van der Waals surface area contributed by atoms with E-state index in [4.69, 9.17) is 16.3 Å². The summed E-state index contributed by atoms with van der Waals surface area (Å²) in [6.07, 6.45) is -3.98. The molecule has 0 saturated carbocycles. The van der Waals surface area contributed by atoms with Crippen LogP contribution in [0.4, 0.5) is 13.2 Å². The molecule has 0 aliphatic carbocycles. The number of ether oxygens (including phenoxy) is 1. The molecule has 1 aromatic rings. The van der Waals surface area contributed by atoms with Crippen LogP contribution in [-0.2, 0) is 10.9 Å². The fourth-order valence-electron chi connectivity index (χ4n) is 1.15. The monoisotopic (exact) mass is 266 g/mol. The molecule has 0 aromatic heterocycles. The van der Waals surface area contributed by atoms with E-state index in [0.717, 1.165) is 6.07 Å². The second-order valence-corrected chi connectivity index (χ2v) is 3.74. The smallest absolute Gasteiger partial charge is 0.417 e. The summed E-state index contributed by atoms with van der Waals surface area (Å²) in [7, 11) is 0. The van der Waals surface area contributed by atoms with E-state index in [1.807, 2.05) is 0 Å². The summed E-state index contributed by atoms with van der Waals surface area (Å²) in [6, 6.07) is 2.93. The van der Waals surface area contributed by atoms with Gasteiger partial charge in [-0.2, -0.15) is 13.2 Å². The largest absolute Gasteiger partial charge is 0.462 e. The third-order valence-corrected chi connectivity index (χ3v) is 2.27. The molecule has 0 atom stereocenters. The molecular weight excluding hydrogens is 257 g/mol. The van der Waals surface area contributed by atoms with Crippen LogP contribution in [0.1, 0.15) is 29.3 Å². The maximum Gasteiger partial charge on any atom is 0.417 e. The molecule has 0 heterocycles. The van der Waals surface area contributed by atoms with Gasteiger partial charge in [0, 0.05) is 0 Å². The second-order valence-electron chi connectivity index (χ2n) is 3.33. The minimum atomic E-state index is -4.59. The molecule has 17 heavy (non-hydrogen) atoms. The third-order valence-electron chi connectivity index (χ3n) is 1.94. The Labute approximate surface area is 101 Å². The normalized spacial score (nSPS) is 11.4. The van der Waals surface area contributed by atoms with Crippen molar-refractivity contribution in [2.24, 2.45) is 0 Å². The van der Waals surface area contributed by atoms with Gasteiger partial charge < -0.3 is 4.74 Å². The van der Waals surface area contributed by atoms with Gasteiger partial charge in [-0.3, -0.25) is 0 Å². The Bertz CT molecular complexity index is 416. The number of carbonyl (C=O) groups excluding carboxylic acids is 1. The summed E-state index contributed by atoms with van der Waals surface area (Å²) in [5.41, 5.74) is -1.19. The number of halogens is 4. The molecule has 0 aliphatic rings. The highest BCUT2D eigenvalue weighted by Crippen LogP contribution is 2.35. The number of carbonyl (C=O) groups is 1. The van der Waals surface area contributed by atoms with E-state index in [-0.39, 0.29) is 12.2 Å². The molecule has 0 fully saturated rings. The zero-order valence-corrected chi connectivity index (χ0v) is 9.73. The first-order valence-electron chi connectivity index (χ1n) is 4.90. The van der Waals surface area contributed by atoms with E-state index in [9.17, 15) is 18.0 Å². The number of hydrogen-bond acceptors (Lipinski definition) is 2. The van der Waals surface area contributed by atoms with Crippen molar-refractivity contribution in [3.8, 4) is 0 Å². The molecule has 0 amide bonds. The number of esters is 1. The Morgan fingerprint density at radius 2 is 2.06 bits per heavy atom. The van der Waals surface area contributed by atoms with Gasteiger partial charge in [0.25, 0.3) is 0 Å². The van der Waals surface area contributed by atoms with Crippen molar-refractivity contribution < 1.29 is 22.7 Å². The van der Waals surface area contributed by atoms with Crippen LogP contribution >= 0.6 is 11.6 Å². The molecule has 2 nitrogen and oxygen atoms in total. The lowest BCUT2D eigenvalue weighted by molar-refractivity contribution is -0.137. The van der Waals surface area contributed by atoms with Gasteiger partial charge in [-0.05, 0) is 24.6 Å². The van der Waals surface area contributed by atoms with E-state index < -0.39 is 22.7 Å². The van der Waals surface area contributed by atoms with Crippen molar-refractivity contribution in [3.05, 3.63) is 34.3 Å². The maximum atomic E-state index is 12.5. The Balaban J connectivity index is 3.00. The van der Waals surface area contributed by atoms with Crippen LogP contribution in [0.15, 0.2) is 18.2 Å². The molecule has 0 N–H and O–H groups in total. The molecule has 0 radical (unpaired) electrons. The molecule has 0 unspecified atom stereocenters. The van der Waals surface area contributed by atoms with Crippen molar-refractivity contribution in [2.75, 3.05) is 6.61 Å². The highest BCUT2D eigenvalue weighted by Gasteiger charge is 2.33. The SMILES string of the molecule is CCCOC(=O)c1ccc(Cl)c(C(F)(F)F)c1. The summed E-state index contributed by atoms with van der Waals surface area (Å²) < 4.78 is 42.3. The molecule has 0 bridgehead atoms. The zero-order chi connectivity index (χ0) is 13.1. The van der Waals surface area contributed by atoms with E-state index >= 15 is 0 Å². The molecular formula is C11H10ClF3O2. The molecule has 1 aromatic carbocycles. The van der Waals surface area contributed by atoms with Crippen LogP contribution in [0, 0.1) is 0 Å². The predicted octanol–water partition coefficient (Wildman–Crippen LogP) is 3.93. The zero-order valence-electron chi connectivity index (χ0n) is 8.97. The van der Waals surface area contributed by atoms with Crippen LogP contribution < -0.4 is 0 Å². The minimum absolute atomic E-state index is 0.157. The lowest BCUT2D eigenvalue weighted by Gasteiger charge is -2.10. The third kappa shape index (κ3) is 3.63. The summed E-state index contributed by atoms with van der Waals surface area (Å²) >= 11 is 5.42. The van der Waals surface area contributed by atoms with Crippen molar-refractivity contribution in [1.29, 1.82) is 0 Å². The number of hydrogen-bond donors (Lipinski definition) is 0. The van der Waals surface area contributed by atoms with E-state index in [0.29, 0.717) is 12.5 Å². The van der Waals surface area contributed by atoms with Crippen molar-refractivity contribution in [2.45, 2.75) is 19.5 Å². The highest BCUT2D eigenvalue weighted by molar-refractivity contribution is 6.31. The van der Waals surface area contributed by atoms with Gasteiger partial charge in [0.1, 0.15) is 0 Å². The minimum Gasteiger partial charge on any atom is -0.462 e. The first-order chi connectivity index (χ1) is 7.86. The first-order valence-corrected chi connectivity index (χ1v) is 5.28. The van der Waals surface area contributed by atoms with Gasteiger partial charge >= 0.3 is 12.1 Å².